The van der Waals surface area contributed by atoms with Crippen LogP contribution in [0.1, 0.15) is 43.0 Å². The highest BCUT2D eigenvalue weighted by Crippen LogP contribution is 2.27. The number of carbonyl (C=O) groups excluding carboxylic acids is 2. The second kappa shape index (κ2) is 8.06. The lowest BCUT2D eigenvalue weighted by Crippen LogP contribution is -2.29. The van der Waals surface area contributed by atoms with Crippen LogP contribution in [0.4, 0.5) is 0 Å². The van der Waals surface area contributed by atoms with E-state index >= 15 is 0 Å². The van der Waals surface area contributed by atoms with Gasteiger partial charge in [0.15, 0.2) is 0 Å². The third-order valence-electron chi connectivity index (χ3n) is 5.01. The molecule has 1 aliphatic rings. The molecule has 0 unspecified atom stereocenters. The van der Waals surface area contributed by atoms with E-state index in [0.29, 0.717) is 22.4 Å². The fourth-order valence-corrected chi connectivity index (χ4v) is 3.41. The number of methoxy groups -OCH3 is 1. The molecule has 0 aliphatic carbocycles. The van der Waals surface area contributed by atoms with Crippen LogP contribution in [0.3, 0.4) is 0 Å². The van der Waals surface area contributed by atoms with E-state index in [9.17, 15) is 9.59 Å². The topological polar surface area (TPSA) is 70.4 Å². The van der Waals surface area contributed by atoms with Crippen molar-refractivity contribution in [3.63, 3.8) is 0 Å². The van der Waals surface area contributed by atoms with Crippen molar-refractivity contribution in [2.24, 2.45) is 0 Å². The Kier molecular flexibility index (Phi) is 5.15. The molecule has 0 atom stereocenters. The van der Waals surface area contributed by atoms with E-state index in [2.05, 4.69) is 6.07 Å². The van der Waals surface area contributed by atoms with Crippen molar-refractivity contribution in [2.45, 2.75) is 6.54 Å². The molecule has 30 heavy (non-hydrogen) atoms. The van der Waals surface area contributed by atoms with E-state index < -0.39 is 0 Å². The maximum atomic E-state index is 12.6. The number of nitriles is 1. The maximum Gasteiger partial charge on any atom is 0.261 e. The molecule has 5 nitrogen and oxygen atoms in total. The van der Waals surface area contributed by atoms with Gasteiger partial charge in [-0.05, 0) is 41.5 Å². The van der Waals surface area contributed by atoms with Gasteiger partial charge in [0.2, 0.25) is 0 Å². The van der Waals surface area contributed by atoms with E-state index in [1.165, 1.54) is 4.90 Å². The predicted octanol–water partition coefficient (Wildman–Crippen LogP) is 4.53. The first-order valence-corrected chi connectivity index (χ1v) is 9.41. The zero-order valence-electron chi connectivity index (χ0n) is 16.3. The van der Waals surface area contributed by atoms with Crippen LogP contribution in [0.25, 0.3) is 12.2 Å². The molecule has 0 radical (unpaired) electrons. The van der Waals surface area contributed by atoms with Crippen LogP contribution < -0.4 is 4.74 Å². The van der Waals surface area contributed by atoms with Crippen LogP contribution in [0, 0.1) is 11.3 Å². The summed E-state index contributed by atoms with van der Waals surface area (Å²) < 4.78 is 5.51. The Bertz CT molecular complexity index is 1170. The van der Waals surface area contributed by atoms with Crippen LogP contribution in [0.15, 0.2) is 66.7 Å². The summed E-state index contributed by atoms with van der Waals surface area (Å²) in [6.07, 6.45) is 3.86. The maximum absolute atomic E-state index is 12.6. The van der Waals surface area contributed by atoms with Gasteiger partial charge in [0.05, 0.1) is 36.4 Å². The fourth-order valence-electron chi connectivity index (χ4n) is 3.41. The normalized spacial score (nSPS) is 12.9. The van der Waals surface area contributed by atoms with Gasteiger partial charge in [-0.15, -0.1) is 0 Å². The Morgan fingerprint density at radius 2 is 1.60 bits per heavy atom. The van der Waals surface area contributed by atoms with Crippen molar-refractivity contribution >= 4 is 24.0 Å². The lowest BCUT2D eigenvalue weighted by molar-refractivity contribution is 0.0642. The zero-order chi connectivity index (χ0) is 21.1. The monoisotopic (exact) mass is 394 g/mol. The first-order chi connectivity index (χ1) is 14.6. The van der Waals surface area contributed by atoms with Crippen molar-refractivity contribution in [1.82, 2.24) is 4.90 Å². The summed E-state index contributed by atoms with van der Waals surface area (Å²) in [5.74, 6) is 0.0905. The summed E-state index contributed by atoms with van der Waals surface area (Å²) in [4.78, 5) is 26.4. The third kappa shape index (κ3) is 3.59. The van der Waals surface area contributed by atoms with Crippen LogP contribution in [-0.4, -0.2) is 23.8 Å². The first-order valence-electron chi connectivity index (χ1n) is 9.41. The first kappa shape index (κ1) is 19.2. The number of amides is 2. The number of ether oxygens (including phenoxy) is 1. The average Bonchev–Trinajstić information content (AvgIpc) is 3.03. The molecule has 3 aromatic rings. The van der Waals surface area contributed by atoms with Gasteiger partial charge in [-0.1, -0.05) is 48.6 Å². The fraction of sp³-hybridized carbons (Fsp3) is 0.0800. The van der Waals surface area contributed by atoms with E-state index in [-0.39, 0.29) is 18.4 Å². The number of carbonyl (C=O) groups is 2. The largest absolute Gasteiger partial charge is 0.496 e. The van der Waals surface area contributed by atoms with E-state index in [0.717, 1.165) is 16.7 Å². The number of imide groups is 1. The Morgan fingerprint density at radius 1 is 0.933 bits per heavy atom. The van der Waals surface area contributed by atoms with Gasteiger partial charge in [-0.3, -0.25) is 14.5 Å². The Balaban J connectivity index is 1.54. The van der Waals surface area contributed by atoms with Crippen LogP contribution >= 0.6 is 0 Å². The van der Waals surface area contributed by atoms with Crippen molar-refractivity contribution in [3.8, 4) is 11.8 Å². The van der Waals surface area contributed by atoms with Crippen molar-refractivity contribution < 1.29 is 14.3 Å². The summed E-state index contributed by atoms with van der Waals surface area (Å²) in [6.45, 7) is 0.183. The molecule has 0 spiro atoms. The zero-order valence-corrected chi connectivity index (χ0v) is 16.3. The molecule has 0 fully saturated rings. The smallest absolute Gasteiger partial charge is 0.261 e. The summed E-state index contributed by atoms with van der Waals surface area (Å²) in [5.41, 5.74) is 4.13. The van der Waals surface area contributed by atoms with E-state index in [1.807, 2.05) is 42.5 Å². The van der Waals surface area contributed by atoms with Gasteiger partial charge in [0.1, 0.15) is 5.75 Å². The minimum atomic E-state index is -0.278. The Morgan fingerprint density at radius 3 is 2.20 bits per heavy atom. The molecule has 3 aromatic carbocycles. The third-order valence-corrected chi connectivity index (χ3v) is 5.01. The highest BCUT2D eigenvalue weighted by Gasteiger charge is 2.34. The van der Waals surface area contributed by atoms with Crippen LogP contribution in [0.5, 0.6) is 5.75 Å². The Hall–Kier alpha value is -4.17. The molecule has 1 heterocycles. The van der Waals surface area contributed by atoms with Gasteiger partial charge in [0.25, 0.3) is 11.8 Å². The van der Waals surface area contributed by atoms with Crippen molar-refractivity contribution in [2.75, 3.05) is 7.11 Å². The van der Waals surface area contributed by atoms with Gasteiger partial charge < -0.3 is 4.74 Å². The highest BCUT2D eigenvalue weighted by molar-refractivity contribution is 6.21. The molecule has 146 valence electrons. The van der Waals surface area contributed by atoms with Gasteiger partial charge >= 0.3 is 0 Å². The summed E-state index contributed by atoms with van der Waals surface area (Å²) >= 11 is 0. The quantitative estimate of drug-likeness (QED) is 0.471. The number of benzene rings is 3. The van der Waals surface area contributed by atoms with Gasteiger partial charge in [-0.25, -0.2) is 0 Å². The summed E-state index contributed by atoms with van der Waals surface area (Å²) in [5, 5.41) is 8.89. The minimum absolute atomic E-state index is 0.183. The van der Waals surface area contributed by atoms with E-state index in [1.54, 1.807) is 43.5 Å². The van der Waals surface area contributed by atoms with Crippen LogP contribution in [-0.2, 0) is 6.54 Å². The molecule has 0 bridgehead atoms. The molecule has 0 aromatic heterocycles. The lowest BCUT2D eigenvalue weighted by Gasteiger charge is -2.15. The van der Waals surface area contributed by atoms with Crippen molar-refractivity contribution in [3.05, 3.63) is 100 Å². The molecule has 0 saturated carbocycles. The standard InChI is InChI=1S/C25H18N2O3/c1-30-23-14-19(16-27-24(28)21-4-2-3-5-22(21)25(27)29)11-13-20(23)12-10-17-6-8-18(15-26)9-7-17/h2-14H,16H2,1H3. The summed E-state index contributed by atoms with van der Waals surface area (Å²) in [7, 11) is 1.58. The number of rotatable bonds is 5. The SMILES string of the molecule is COc1cc(CN2C(=O)c3ccccc3C2=O)ccc1C=Cc1ccc(C#N)cc1. The minimum Gasteiger partial charge on any atom is -0.496 e. The van der Waals surface area contributed by atoms with E-state index in [4.69, 9.17) is 10.00 Å². The second-order valence-electron chi connectivity index (χ2n) is 6.89. The van der Waals surface area contributed by atoms with Gasteiger partial charge in [0, 0.05) is 5.56 Å². The van der Waals surface area contributed by atoms with Crippen LogP contribution in [0.2, 0.25) is 0 Å². The Labute approximate surface area is 174 Å². The number of hydrogen-bond donors (Lipinski definition) is 0. The van der Waals surface area contributed by atoms with Gasteiger partial charge in [-0.2, -0.15) is 5.26 Å². The molecular weight excluding hydrogens is 376 g/mol. The average molecular weight is 394 g/mol. The summed E-state index contributed by atoms with van der Waals surface area (Å²) in [6, 6.07) is 21.8. The molecule has 5 heteroatoms. The molecule has 1 aliphatic heterocycles. The van der Waals surface area contributed by atoms with Crippen molar-refractivity contribution in [1.29, 1.82) is 5.26 Å². The molecule has 2 amide bonds. The lowest BCUT2D eigenvalue weighted by atomic mass is 10.1. The molecule has 0 saturated heterocycles. The molecule has 0 N–H and O–H groups in total. The number of nitrogens with zero attached hydrogens (tertiary/aromatic N) is 2. The number of hydrogen-bond acceptors (Lipinski definition) is 4. The molecule has 4 rings (SSSR count). The number of fused-ring (bicyclic) bond motifs is 1. The molecular formula is C25H18N2O3. The second-order valence-corrected chi connectivity index (χ2v) is 6.89. The predicted molar refractivity (Wildman–Crippen MR) is 114 cm³/mol. The highest BCUT2D eigenvalue weighted by atomic mass is 16.5.